The maximum atomic E-state index is 11.3. The number of nitrogens with zero attached hydrogens (tertiary/aromatic N) is 2. The highest BCUT2D eigenvalue weighted by molar-refractivity contribution is 7.07. The number of alkyl halides is 1. The smallest absolute Gasteiger partial charge is 0.304 e. The highest BCUT2D eigenvalue weighted by atomic mass is 35.5. The first-order valence-electron chi connectivity index (χ1n) is 6.33. The molecule has 2 aromatic heterocycles. The summed E-state index contributed by atoms with van der Waals surface area (Å²) in [6, 6.07) is 6.03. The average molecular weight is 308 g/mol. The summed E-state index contributed by atoms with van der Waals surface area (Å²) in [6.07, 6.45) is 0. The van der Waals surface area contributed by atoms with E-state index in [2.05, 4.69) is 27.5 Å². The second-order valence-electron chi connectivity index (χ2n) is 4.79. The quantitative estimate of drug-likeness (QED) is 0.754. The number of thiazole rings is 1. The van der Waals surface area contributed by atoms with Crippen LogP contribution in [0.3, 0.4) is 0 Å². The predicted molar refractivity (Wildman–Crippen MR) is 82.8 cm³/mol. The number of aryl methyl sites for hydroxylation is 1. The number of nitrogens with one attached hydrogen (secondary N) is 1. The molecule has 0 saturated heterocycles. The SMILES string of the molecule is Cc1cccc2nc(C(C)Cl)n(Cc3csc(=O)[nH]3)c12. The molecule has 4 nitrogen and oxygen atoms in total. The molecule has 6 heteroatoms. The zero-order valence-corrected chi connectivity index (χ0v) is 12.8. The van der Waals surface area contributed by atoms with E-state index in [-0.39, 0.29) is 10.3 Å². The molecule has 0 aliphatic carbocycles. The van der Waals surface area contributed by atoms with Crippen molar-refractivity contribution in [2.24, 2.45) is 0 Å². The van der Waals surface area contributed by atoms with Crippen LogP contribution in [0.1, 0.15) is 29.4 Å². The number of imidazole rings is 1. The Morgan fingerprint density at radius 1 is 1.50 bits per heavy atom. The molecule has 1 atom stereocenters. The highest BCUT2D eigenvalue weighted by Gasteiger charge is 2.16. The van der Waals surface area contributed by atoms with Crippen molar-refractivity contribution >= 4 is 34.0 Å². The van der Waals surface area contributed by atoms with Gasteiger partial charge in [-0.3, -0.25) is 4.79 Å². The molecule has 0 amide bonds. The molecule has 3 aromatic rings. The zero-order valence-electron chi connectivity index (χ0n) is 11.2. The van der Waals surface area contributed by atoms with Crippen LogP contribution in [-0.4, -0.2) is 14.5 Å². The number of aromatic nitrogens is 3. The Morgan fingerprint density at radius 3 is 2.95 bits per heavy atom. The molecule has 3 rings (SSSR count). The van der Waals surface area contributed by atoms with Crippen LogP contribution < -0.4 is 4.87 Å². The van der Waals surface area contributed by atoms with E-state index >= 15 is 0 Å². The summed E-state index contributed by atoms with van der Waals surface area (Å²) >= 11 is 7.42. The van der Waals surface area contributed by atoms with Crippen molar-refractivity contribution in [1.29, 1.82) is 0 Å². The summed E-state index contributed by atoms with van der Waals surface area (Å²) in [7, 11) is 0. The van der Waals surface area contributed by atoms with Gasteiger partial charge >= 0.3 is 4.87 Å². The van der Waals surface area contributed by atoms with E-state index < -0.39 is 0 Å². The maximum absolute atomic E-state index is 11.3. The number of H-pyrrole nitrogens is 1. The van der Waals surface area contributed by atoms with Gasteiger partial charge in [0.25, 0.3) is 0 Å². The molecule has 0 saturated carbocycles. The molecule has 104 valence electrons. The third kappa shape index (κ3) is 2.27. The Balaban J connectivity index is 2.20. The average Bonchev–Trinajstić information content (AvgIpc) is 2.95. The minimum atomic E-state index is -0.188. The Hall–Kier alpha value is -1.59. The lowest BCUT2D eigenvalue weighted by molar-refractivity contribution is 0.728. The molecule has 20 heavy (non-hydrogen) atoms. The van der Waals surface area contributed by atoms with Crippen LogP contribution in [0, 0.1) is 6.92 Å². The number of benzene rings is 1. The second kappa shape index (κ2) is 5.07. The van der Waals surface area contributed by atoms with Gasteiger partial charge in [0.2, 0.25) is 0 Å². The van der Waals surface area contributed by atoms with E-state index in [9.17, 15) is 4.79 Å². The monoisotopic (exact) mass is 307 g/mol. The fourth-order valence-electron chi connectivity index (χ4n) is 2.41. The summed E-state index contributed by atoms with van der Waals surface area (Å²) in [5.74, 6) is 0.822. The molecule has 0 aliphatic heterocycles. The normalized spacial score (nSPS) is 12.9. The van der Waals surface area contributed by atoms with Gasteiger partial charge in [-0.05, 0) is 25.5 Å². The van der Waals surface area contributed by atoms with E-state index in [1.54, 1.807) is 0 Å². The number of halogens is 1. The van der Waals surface area contributed by atoms with Crippen LogP contribution >= 0.6 is 22.9 Å². The lowest BCUT2D eigenvalue weighted by atomic mass is 10.2. The van der Waals surface area contributed by atoms with Crippen LogP contribution in [0.2, 0.25) is 0 Å². The minimum absolute atomic E-state index is 0.0402. The van der Waals surface area contributed by atoms with Gasteiger partial charge in [0, 0.05) is 11.1 Å². The lowest BCUT2D eigenvalue weighted by Gasteiger charge is -2.10. The molecule has 1 N–H and O–H groups in total. The van der Waals surface area contributed by atoms with Gasteiger partial charge in [-0.2, -0.15) is 0 Å². The van der Waals surface area contributed by atoms with Gasteiger partial charge in [-0.1, -0.05) is 23.5 Å². The van der Waals surface area contributed by atoms with Crippen molar-refractivity contribution in [3.05, 3.63) is 50.3 Å². The van der Waals surface area contributed by atoms with Gasteiger partial charge in [-0.25, -0.2) is 4.98 Å². The van der Waals surface area contributed by atoms with Crippen molar-refractivity contribution < 1.29 is 0 Å². The van der Waals surface area contributed by atoms with Crippen molar-refractivity contribution in [2.45, 2.75) is 25.8 Å². The van der Waals surface area contributed by atoms with Crippen molar-refractivity contribution in [1.82, 2.24) is 14.5 Å². The molecule has 2 heterocycles. The first-order chi connectivity index (χ1) is 9.56. The third-order valence-corrected chi connectivity index (χ3v) is 4.17. The van der Waals surface area contributed by atoms with Crippen LogP contribution in [0.25, 0.3) is 11.0 Å². The Morgan fingerprint density at radius 2 is 2.30 bits per heavy atom. The minimum Gasteiger partial charge on any atom is -0.320 e. The topological polar surface area (TPSA) is 50.7 Å². The van der Waals surface area contributed by atoms with E-state index in [1.165, 1.54) is 11.3 Å². The summed E-state index contributed by atoms with van der Waals surface area (Å²) in [6.45, 7) is 4.54. The summed E-state index contributed by atoms with van der Waals surface area (Å²) < 4.78 is 2.08. The highest BCUT2D eigenvalue weighted by Crippen LogP contribution is 2.27. The number of para-hydroxylation sites is 1. The fraction of sp³-hybridized carbons (Fsp3) is 0.286. The van der Waals surface area contributed by atoms with Crippen LogP contribution in [0.4, 0.5) is 0 Å². The van der Waals surface area contributed by atoms with Gasteiger partial charge in [0.15, 0.2) is 0 Å². The Bertz CT molecular complexity index is 815. The first-order valence-corrected chi connectivity index (χ1v) is 7.64. The van der Waals surface area contributed by atoms with Crippen LogP contribution in [0.5, 0.6) is 0 Å². The molecule has 1 unspecified atom stereocenters. The van der Waals surface area contributed by atoms with E-state index in [4.69, 9.17) is 11.6 Å². The molecule has 0 fully saturated rings. The number of hydrogen-bond donors (Lipinski definition) is 1. The van der Waals surface area contributed by atoms with Gasteiger partial charge < -0.3 is 9.55 Å². The molecular weight excluding hydrogens is 294 g/mol. The first kappa shape index (κ1) is 13.4. The zero-order chi connectivity index (χ0) is 14.3. The lowest BCUT2D eigenvalue weighted by Crippen LogP contribution is -2.08. The molecule has 0 aliphatic rings. The Kier molecular flexibility index (Phi) is 3.40. The second-order valence-corrected chi connectivity index (χ2v) is 6.29. The van der Waals surface area contributed by atoms with E-state index in [1.807, 2.05) is 24.4 Å². The van der Waals surface area contributed by atoms with Crippen LogP contribution in [-0.2, 0) is 6.54 Å². The molecule has 0 radical (unpaired) electrons. The van der Waals surface area contributed by atoms with Crippen molar-refractivity contribution in [3.63, 3.8) is 0 Å². The van der Waals surface area contributed by atoms with Crippen LogP contribution in [0.15, 0.2) is 28.4 Å². The standard InChI is InChI=1S/C14H14ClN3OS/c1-8-4-3-5-11-12(8)18(13(17-11)9(2)15)6-10-7-20-14(19)16-10/h3-5,7,9H,6H2,1-2H3,(H,16,19). The van der Waals surface area contributed by atoms with Gasteiger partial charge in [0.05, 0.1) is 23.0 Å². The third-order valence-electron chi connectivity index (χ3n) is 3.25. The van der Waals surface area contributed by atoms with Gasteiger partial charge in [0.1, 0.15) is 5.82 Å². The van der Waals surface area contributed by atoms with Gasteiger partial charge in [-0.15, -0.1) is 11.6 Å². The number of aromatic amines is 1. The summed E-state index contributed by atoms with van der Waals surface area (Å²) in [5.41, 5.74) is 4.03. The molecule has 0 spiro atoms. The Labute approximate surface area is 125 Å². The fourth-order valence-corrected chi connectivity index (χ4v) is 3.15. The van der Waals surface area contributed by atoms with Crippen molar-refractivity contribution in [3.8, 4) is 0 Å². The number of rotatable bonds is 3. The number of hydrogen-bond acceptors (Lipinski definition) is 3. The van der Waals surface area contributed by atoms with E-state index in [0.717, 1.165) is 28.1 Å². The van der Waals surface area contributed by atoms with E-state index in [0.29, 0.717) is 6.54 Å². The molecule has 1 aromatic carbocycles. The largest absolute Gasteiger partial charge is 0.320 e. The molecule has 0 bridgehead atoms. The molecular formula is C14H14ClN3OS. The maximum Gasteiger partial charge on any atom is 0.304 e. The van der Waals surface area contributed by atoms with Crippen molar-refractivity contribution in [2.75, 3.05) is 0 Å². The summed E-state index contributed by atoms with van der Waals surface area (Å²) in [4.78, 5) is 18.7. The number of fused-ring (bicyclic) bond motifs is 1. The predicted octanol–water partition coefficient (Wildman–Crippen LogP) is 3.44. The summed E-state index contributed by atoms with van der Waals surface area (Å²) in [5, 5.41) is 1.65.